The Morgan fingerprint density at radius 2 is 1.84 bits per heavy atom. The Morgan fingerprint density at radius 3 is 2.64 bits per heavy atom. The molecule has 2 heterocycles. The SMILES string of the molecule is CCOc1ccc2c(c1)c(=O)c1cccnc1n2Cc1ccccc1. The smallest absolute Gasteiger partial charge is 0.198 e. The zero-order chi connectivity index (χ0) is 17.2. The minimum atomic E-state index is -0.0102. The standard InChI is InChI=1S/C21H18N2O2/c1-2-25-16-10-11-19-18(13-16)20(24)17-9-6-12-22-21(17)23(19)14-15-7-4-3-5-8-15/h3-13H,2,14H2,1H3. The van der Waals surface area contributed by atoms with Gasteiger partial charge in [0.15, 0.2) is 5.43 Å². The van der Waals surface area contributed by atoms with Crippen LogP contribution in [0.5, 0.6) is 5.75 Å². The molecule has 0 aliphatic rings. The lowest BCUT2D eigenvalue weighted by atomic mass is 10.1. The van der Waals surface area contributed by atoms with Crippen LogP contribution >= 0.6 is 0 Å². The van der Waals surface area contributed by atoms with Gasteiger partial charge in [-0.05, 0) is 42.8 Å². The highest BCUT2D eigenvalue weighted by atomic mass is 16.5. The quantitative estimate of drug-likeness (QED) is 0.531. The molecule has 0 bridgehead atoms. The van der Waals surface area contributed by atoms with Gasteiger partial charge in [0, 0.05) is 12.7 Å². The molecular weight excluding hydrogens is 312 g/mol. The van der Waals surface area contributed by atoms with E-state index in [1.165, 1.54) is 0 Å². The fraction of sp³-hybridized carbons (Fsp3) is 0.143. The molecule has 0 saturated heterocycles. The van der Waals surface area contributed by atoms with Crippen molar-refractivity contribution in [3.05, 3.63) is 82.6 Å². The number of ether oxygens (including phenoxy) is 1. The molecule has 0 atom stereocenters. The molecule has 0 radical (unpaired) electrons. The van der Waals surface area contributed by atoms with Gasteiger partial charge in [-0.1, -0.05) is 30.3 Å². The normalized spacial score (nSPS) is 11.1. The number of hydrogen-bond acceptors (Lipinski definition) is 3. The van der Waals surface area contributed by atoms with Crippen LogP contribution in [0.2, 0.25) is 0 Å². The van der Waals surface area contributed by atoms with Crippen molar-refractivity contribution >= 4 is 21.9 Å². The van der Waals surface area contributed by atoms with Crippen molar-refractivity contribution in [1.29, 1.82) is 0 Å². The van der Waals surface area contributed by atoms with Crippen LogP contribution in [-0.2, 0) is 6.54 Å². The first-order valence-electron chi connectivity index (χ1n) is 8.36. The first kappa shape index (κ1) is 15.4. The largest absolute Gasteiger partial charge is 0.494 e. The van der Waals surface area contributed by atoms with E-state index in [1.807, 2.05) is 49.4 Å². The molecule has 124 valence electrons. The predicted molar refractivity (Wildman–Crippen MR) is 100 cm³/mol. The monoisotopic (exact) mass is 330 g/mol. The van der Waals surface area contributed by atoms with Gasteiger partial charge >= 0.3 is 0 Å². The van der Waals surface area contributed by atoms with Crippen LogP contribution in [0.3, 0.4) is 0 Å². The topological polar surface area (TPSA) is 44.1 Å². The zero-order valence-corrected chi connectivity index (χ0v) is 14.0. The molecule has 0 saturated carbocycles. The van der Waals surface area contributed by atoms with E-state index in [0.29, 0.717) is 35.3 Å². The third-order valence-corrected chi connectivity index (χ3v) is 4.28. The van der Waals surface area contributed by atoms with E-state index < -0.39 is 0 Å². The second-order valence-electron chi connectivity index (χ2n) is 5.89. The Bertz CT molecular complexity index is 1100. The number of fused-ring (bicyclic) bond motifs is 2. The lowest BCUT2D eigenvalue weighted by Crippen LogP contribution is -2.13. The van der Waals surface area contributed by atoms with Crippen molar-refractivity contribution in [2.24, 2.45) is 0 Å². The Morgan fingerprint density at radius 1 is 1.00 bits per heavy atom. The van der Waals surface area contributed by atoms with Crippen LogP contribution in [0.15, 0.2) is 71.7 Å². The second kappa shape index (κ2) is 6.40. The Labute approximate surface area is 145 Å². The molecule has 4 rings (SSSR count). The molecule has 0 unspecified atom stereocenters. The molecule has 2 aromatic heterocycles. The van der Waals surface area contributed by atoms with Gasteiger partial charge in [0.2, 0.25) is 0 Å². The molecule has 4 aromatic rings. The van der Waals surface area contributed by atoms with E-state index >= 15 is 0 Å². The molecule has 4 nitrogen and oxygen atoms in total. The Kier molecular flexibility index (Phi) is 3.94. The number of aromatic nitrogens is 2. The summed E-state index contributed by atoms with van der Waals surface area (Å²) in [5.74, 6) is 0.710. The fourth-order valence-electron chi connectivity index (χ4n) is 3.16. The minimum absolute atomic E-state index is 0.0102. The Balaban J connectivity index is 2.03. The summed E-state index contributed by atoms with van der Waals surface area (Å²) in [5.41, 5.74) is 2.72. The number of benzene rings is 2. The maximum absolute atomic E-state index is 12.9. The van der Waals surface area contributed by atoms with E-state index in [0.717, 1.165) is 11.1 Å². The zero-order valence-electron chi connectivity index (χ0n) is 14.0. The molecule has 0 aliphatic carbocycles. The summed E-state index contributed by atoms with van der Waals surface area (Å²) in [7, 11) is 0. The van der Waals surface area contributed by atoms with Crippen molar-refractivity contribution in [2.75, 3.05) is 6.61 Å². The molecule has 0 amide bonds. The van der Waals surface area contributed by atoms with Crippen molar-refractivity contribution in [3.8, 4) is 5.75 Å². The highest BCUT2D eigenvalue weighted by Gasteiger charge is 2.12. The summed E-state index contributed by atoms with van der Waals surface area (Å²) in [4.78, 5) is 17.4. The summed E-state index contributed by atoms with van der Waals surface area (Å²) in [5, 5.41) is 1.28. The van der Waals surface area contributed by atoms with Gasteiger partial charge in [0.05, 0.1) is 22.9 Å². The van der Waals surface area contributed by atoms with Gasteiger partial charge in [0.25, 0.3) is 0 Å². The fourth-order valence-corrected chi connectivity index (χ4v) is 3.16. The number of nitrogens with zero attached hydrogens (tertiary/aromatic N) is 2. The summed E-state index contributed by atoms with van der Waals surface area (Å²) in [6.45, 7) is 3.15. The minimum Gasteiger partial charge on any atom is -0.494 e. The van der Waals surface area contributed by atoms with E-state index in [1.54, 1.807) is 12.3 Å². The average molecular weight is 330 g/mol. The van der Waals surface area contributed by atoms with Crippen LogP contribution in [-0.4, -0.2) is 16.2 Å². The Hall–Kier alpha value is -3.14. The summed E-state index contributed by atoms with van der Waals surface area (Å²) >= 11 is 0. The first-order valence-corrected chi connectivity index (χ1v) is 8.36. The molecule has 0 fully saturated rings. The van der Waals surface area contributed by atoms with Crippen LogP contribution < -0.4 is 10.2 Å². The van der Waals surface area contributed by atoms with Gasteiger partial charge in [-0.2, -0.15) is 0 Å². The summed E-state index contributed by atoms with van der Waals surface area (Å²) < 4.78 is 7.67. The van der Waals surface area contributed by atoms with Crippen molar-refractivity contribution in [1.82, 2.24) is 9.55 Å². The first-order chi connectivity index (χ1) is 12.3. The molecule has 0 spiro atoms. The number of hydrogen-bond donors (Lipinski definition) is 0. The van der Waals surface area contributed by atoms with Crippen LogP contribution in [0.25, 0.3) is 21.9 Å². The number of pyridine rings is 2. The summed E-state index contributed by atoms with van der Waals surface area (Å²) in [6.07, 6.45) is 1.73. The van der Waals surface area contributed by atoms with E-state index in [4.69, 9.17) is 4.74 Å². The maximum atomic E-state index is 12.9. The van der Waals surface area contributed by atoms with Gasteiger partial charge in [0.1, 0.15) is 11.4 Å². The van der Waals surface area contributed by atoms with Gasteiger partial charge in [-0.3, -0.25) is 4.79 Å². The van der Waals surface area contributed by atoms with Crippen molar-refractivity contribution in [3.63, 3.8) is 0 Å². The van der Waals surface area contributed by atoms with Crippen LogP contribution in [0.1, 0.15) is 12.5 Å². The van der Waals surface area contributed by atoms with Crippen LogP contribution in [0.4, 0.5) is 0 Å². The highest BCUT2D eigenvalue weighted by Crippen LogP contribution is 2.23. The van der Waals surface area contributed by atoms with Gasteiger partial charge < -0.3 is 9.30 Å². The lowest BCUT2D eigenvalue weighted by molar-refractivity contribution is 0.340. The van der Waals surface area contributed by atoms with Crippen molar-refractivity contribution < 1.29 is 4.74 Å². The van der Waals surface area contributed by atoms with E-state index in [9.17, 15) is 4.79 Å². The highest BCUT2D eigenvalue weighted by molar-refractivity contribution is 5.92. The molecule has 4 heteroatoms. The van der Waals surface area contributed by atoms with E-state index in [-0.39, 0.29) is 5.43 Å². The summed E-state index contributed by atoms with van der Waals surface area (Å²) in [6, 6.07) is 19.5. The average Bonchev–Trinajstić information content (AvgIpc) is 2.66. The molecule has 25 heavy (non-hydrogen) atoms. The molecule has 0 aliphatic heterocycles. The molecular formula is C21H18N2O2. The lowest BCUT2D eigenvalue weighted by Gasteiger charge is -2.15. The van der Waals surface area contributed by atoms with Crippen LogP contribution in [0, 0.1) is 0 Å². The maximum Gasteiger partial charge on any atom is 0.198 e. The molecule has 2 aromatic carbocycles. The predicted octanol–water partition coefficient (Wildman–Crippen LogP) is 4.00. The third kappa shape index (κ3) is 2.76. The number of rotatable bonds is 4. The molecule has 0 N–H and O–H groups in total. The van der Waals surface area contributed by atoms with Gasteiger partial charge in [-0.15, -0.1) is 0 Å². The van der Waals surface area contributed by atoms with E-state index in [2.05, 4.69) is 21.7 Å². The van der Waals surface area contributed by atoms with Gasteiger partial charge in [-0.25, -0.2) is 4.98 Å². The second-order valence-corrected chi connectivity index (χ2v) is 5.89. The van der Waals surface area contributed by atoms with Crippen molar-refractivity contribution in [2.45, 2.75) is 13.5 Å². The third-order valence-electron chi connectivity index (χ3n) is 4.28.